The summed E-state index contributed by atoms with van der Waals surface area (Å²) >= 11 is 0. The quantitative estimate of drug-likeness (QED) is 0.750. The summed E-state index contributed by atoms with van der Waals surface area (Å²) in [6.45, 7) is 3.65. The predicted molar refractivity (Wildman–Crippen MR) is 91.6 cm³/mol. The number of nitrogens with two attached hydrogens (primary N) is 2. The molecule has 0 saturated carbocycles. The highest BCUT2D eigenvalue weighted by Gasteiger charge is 2.24. The summed E-state index contributed by atoms with van der Waals surface area (Å²) in [6, 6.07) is 12.4. The molecule has 0 saturated heterocycles. The molecule has 122 valence electrons. The van der Waals surface area contributed by atoms with Gasteiger partial charge in [-0.15, -0.1) is 0 Å². The van der Waals surface area contributed by atoms with Gasteiger partial charge in [0.15, 0.2) is 0 Å². The van der Waals surface area contributed by atoms with Crippen LogP contribution in [-0.4, -0.2) is 23.9 Å². The Kier molecular flexibility index (Phi) is 5.34. The van der Waals surface area contributed by atoms with E-state index in [0.717, 1.165) is 16.3 Å². The van der Waals surface area contributed by atoms with Crippen LogP contribution in [0, 0.1) is 5.92 Å². The van der Waals surface area contributed by atoms with Gasteiger partial charge in [0.25, 0.3) is 0 Å². The highest BCUT2D eigenvalue weighted by Crippen LogP contribution is 2.19. The number of fused-ring (bicyclic) bond motifs is 1. The Morgan fingerprint density at radius 2 is 1.74 bits per heavy atom. The van der Waals surface area contributed by atoms with Crippen LogP contribution in [-0.2, 0) is 16.0 Å². The first-order valence-corrected chi connectivity index (χ1v) is 7.72. The summed E-state index contributed by atoms with van der Waals surface area (Å²) in [5.41, 5.74) is 12.3. The zero-order valence-electron chi connectivity index (χ0n) is 13.5. The number of nitrogens with one attached hydrogen (secondary N) is 1. The molecule has 0 heterocycles. The molecule has 0 unspecified atom stereocenters. The van der Waals surface area contributed by atoms with Gasteiger partial charge >= 0.3 is 0 Å². The van der Waals surface area contributed by atoms with E-state index < -0.39 is 18.0 Å². The lowest BCUT2D eigenvalue weighted by Crippen LogP contribution is -2.53. The minimum absolute atomic E-state index is 0.0822. The van der Waals surface area contributed by atoms with Crippen molar-refractivity contribution < 1.29 is 9.59 Å². The van der Waals surface area contributed by atoms with Gasteiger partial charge in [-0.1, -0.05) is 56.3 Å². The van der Waals surface area contributed by atoms with Crippen LogP contribution in [0.3, 0.4) is 0 Å². The molecule has 0 aliphatic heterocycles. The van der Waals surface area contributed by atoms with Crippen molar-refractivity contribution >= 4 is 22.6 Å². The van der Waals surface area contributed by atoms with Crippen molar-refractivity contribution in [2.75, 3.05) is 0 Å². The number of carbonyl (C=O) groups is 2. The van der Waals surface area contributed by atoms with Crippen molar-refractivity contribution in [2.45, 2.75) is 32.4 Å². The van der Waals surface area contributed by atoms with E-state index in [9.17, 15) is 9.59 Å². The topological polar surface area (TPSA) is 98.2 Å². The highest BCUT2D eigenvalue weighted by molar-refractivity contribution is 5.90. The summed E-state index contributed by atoms with van der Waals surface area (Å²) < 4.78 is 0. The van der Waals surface area contributed by atoms with Gasteiger partial charge in [0.1, 0.15) is 6.04 Å². The molecule has 2 aromatic carbocycles. The number of amides is 2. The number of rotatable bonds is 6. The fourth-order valence-corrected chi connectivity index (χ4v) is 2.63. The molecule has 0 fully saturated rings. The van der Waals surface area contributed by atoms with E-state index in [1.165, 1.54) is 0 Å². The van der Waals surface area contributed by atoms with E-state index in [1.54, 1.807) is 0 Å². The maximum Gasteiger partial charge on any atom is 0.240 e. The van der Waals surface area contributed by atoms with Crippen LogP contribution in [0.15, 0.2) is 42.5 Å². The van der Waals surface area contributed by atoms with Gasteiger partial charge in [-0.2, -0.15) is 0 Å². The first kappa shape index (κ1) is 17.0. The smallest absolute Gasteiger partial charge is 0.240 e. The van der Waals surface area contributed by atoms with Crippen molar-refractivity contribution in [2.24, 2.45) is 17.4 Å². The average Bonchev–Trinajstić information content (AvgIpc) is 2.52. The maximum atomic E-state index is 12.3. The zero-order valence-corrected chi connectivity index (χ0v) is 13.5. The molecule has 2 amide bonds. The molecular weight excluding hydrogens is 290 g/mol. The molecule has 0 aliphatic carbocycles. The van der Waals surface area contributed by atoms with Gasteiger partial charge in [-0.25, -0.2) is 0 Å². The minimum Gasteiger partial charge on any atom is -0.368 e. The Morgan fingerprint density at radius 1 is 1.09 bits per heavy atom. The Labute approximate surface area is 136 Å². The largest absolute Gasteiger partial charge is 0.368 e. The van der Waals surface area contributed by atoms with Gasteiger partial charge in [0, 0.05) is 0 Å². The van der Waals surface area contributed by atoms with E-state index in [4.69, 9.17) is 11.5 Å². The van der Waals surface area contributed by atoms with Crippen molar-refractivity contribution in [3.63, 3.8) is 0 Å². The van der Waals surface area contributed by atoms with Gasteiger partial charge < -0.3 is 16.8 Å². The summed E-state index contributed by atoms with van der Waals surface area (Å²) in [6.07, 6.45) is 0.400. The molecular formula is C18H23N3O2. The lowest BCUT2D eigenvalue weighted by Gasteiger charge is -2.21. The van der Waals surface area contributed by atoms with Gasteiger partial charge in [0.2, 0.25) is 11.8 Å². The minimum atomic E-state index is -0.735. The van der Waals surface area contributed by atoms with E-state index in [0.29, 0.717) is 6.42 Å². The van der Waals surface area contributed by atoms with Crippen LogP contribution in [0.5, 0.6) is 0 Å². The molecule has 0 aliphatic rings. The lowest BCUT2D eigenvalue weighted by molar-refractivity contribution is -0.129. The van der Waals surface area contributed by atoms with Gasteiger partial charge in [-0.3, -0.25) is 9.59 Å². The zero-order chi connectivity index (χ0) is 17.0. The fourth-order valence-electron chi connectivity index (χ4n) is 2.63. The second-order valence-electron chi connectivity index (χ2n) is 6.08. The molecule has 0 spiro atoms. The van der Waals surface area contributed by atoms with Crippen LogP contribution in [0.2, 0.25) is 0 Å². The molecule has 5 heteroatoms. The van der Waals surface area contributed by atoms with E-state index in [1.807, 2.05) is 56.3 Å². The second-order valence-corrected chi connectivity index (χ2v) is 6.08. The first-order chi connectivity index (χ1) is 10.9. The predicted octanol–water partition coefficient (Wildman–Crippen LogP) is 1.34. The Bertz CT molecular complexity index is 707. The third-order valence-corrected chi connectivity index (χ3v) is 3.93. The fraction of sp³-hybridized carbons (Fsp3) is 0.333. The summed E-state index contributed by atoms with van der Waals surface area (Å²) in [4.78, 5) is 23.7. The molecule has 0 aromatic heterocycles. The van der Waals surface area contributed by atoms with Crippen LogP contribution >= 0.6 is 0 Å². The molecule has 2 atom stereocenters. The number of carbonyl (C=O) groups excluding carboxylic acids is 2. The van der Waals surface area contributed by atoms with E-state index in [-0.39, 0.29) is 11.8 Å². The molecule has 0 radical (unpaired) electrons. The van der Waals surface area contributed by atoms with Crippen LogP contribution in [0.4, 0.5) is 0 Å². The summed E-state index contributed by atoms with van der Waals surface area (Å²) in [5, 5.41) is 4.83. The standard InChI is InChI=1S/C18H23N3O2/c1-11(2)16(17(20)22)21-18(23)15(19)10-13-8-5-7-12-6-3-4-9-14(12)13/h3-9,11,15-16H,10,19H2,1-2H3,(H2,20,22)(H,21,23)/t15-,16+/m1/s1. The molecule has 5 nitrogen and oxygen atoms in total. The lowest BCUT2D eigenvalue weighted by atomic mass is 9.98. The first-order valence-electron chi connectivity index (χ1n) is 7.72. The average molecular weight is 313 g/mol. The molecule has 2 aromatic rings. The van der Waals surface area contributed by atoms with E-state index in [2.05, 4.69) is 5.32 Å². The van der Waals surface area contributed by atoms with Crippen LogP contribution in [0.1, 0.15) is 19.4 Å². The number of primary amides is 1. The maximum absolute atomic E-state index is 12.3. The SMILES string of the molecule is CC(C)[C@H](NC(=O)[C@H](N)Cc1cccc2ccccc12)C(N)=O. The highest BCUT2D eigenvalue weighted by atomic mass is 16.2. The van der Waals surface area contributed by atoms with Crippen molar-refractivity contribution in [3.05, 3.63) is 48.0 Å². The van der Waals surface area contributed by atoms with Crippen molar-refractivity contribution in [3.8, 4) is 0 Å². The monoisotopic (exact) mass is 313 g/mol. The molecule has 2 rings (SSSR count). The van der Waals surface area contributed by atoms with Crippen LogP contribution in [0.25, 0.3) is 10.8 Å². The molecule has 5 N–H and O–H groups in total. The van der Waals surface area contributed by atoms with Crippen molar-refractivity contribution in [1.82, 2.24) is 5.32 Å². The number of benzene rings is 2. The Balaban J connectivity index is 2.13. The third-order valence-electron chi connectivity index (χ3n) is 3.93. The number of hydrogen-bond acceptors (Lipinski definition) is 3. The summed E-state index contributed by atoms with van der Waals surface area (Å²) in [5.74, 6) is -0.998. The van der Waals surface area contributed by atoms with Crippen molar-refractivity contribution in [1.29, 1.82) is 0 Å². The normalized spacial score (nSPS) is 13.7. The Morgan fingerprint density at radius 3 is 2.39 bits per heavy atom. The summed E-state index contributed by atoms with van der Waals surface area (Å²) in [7, 11) is 0. The molecule has 23 heavy (non-hydrogen) atoms. The second kappa shape index (κ2) is 7.24. The van der Waals surface area contributed by atoms with E-state index >= 15 is 0 Å². The van der Waals surface area contributed by atoms with Crippen LogP contribution < -0.4 is 16.8 Å². The van der Waals surface area contributed by atoms with Gasteiger partial charge in [-0.05, 0) is 28.7 Å². The third kappa shape index (κ3) is 4.07. The number of hydrogen-bond donors (Lipinski definition) is 3. The molecule has 0 bridgehead atoms. The van der Waals surface area contributed by atoms with Gasteiger partial charge in [0.05, 0.1) is 6.04 Å². The Hall–Kier alpha value is -2.40.